The average molecular weight is 502 g/mol. The van der Waals surface area contributed by atoms with E-state index in [1.54, 1.807) is 0 Å². The predicted octanol–water partition coefficient (Wildman–Crippen LogP) is 4.33. The van der Waals surface area contributed by atoms with Crippen molar-refractivity contribution in [1.29, 1.82) is 0 Å². The molecule has 0 unspecified atom stereocenters. The summed E-state index contributed by atoms with van der Waals surface area (Å²) in [6.07, 6.45) is -9.51. The molecule has 1 heterocycles. The second-order valence-electron chi connectivity index (χ2n) is 8.00. The Bertz CT molecular complexity index is 1270. The second-order valence-corrected chi connectivity index (χ2v) is 8.00. The number of hydrogen-bond acceptors (Lipinski definition) is 3. The van der Waals surface area contributed by atoms with Crippen molar-refractivity contribution in [2.45, 2.75) is 39.3 Å². The molecule has 1 amide bonds. The first-order chi connectivity index (χ1) is 16.3. The van der Waals surface area contributed by atoms with Crippen LogP contribution in [0.5, 0.6) is 0 Å². The Morgan fingerprint density at radius 1 is 0.943 bits per heavy atom. The number of halogens is 6. The van der Waals surface area contributed by atoms with E-state index in [0.29, 0.717) is 25.7 Å². The minimum Gasteiger partial charge on any atom is -0.366 e. The van der Waals surface area contributed by atoms with Gasteiger partial charge < -0.3 is 10.6 Å². The fraction of sp³-hybridized carbons (Fsp3) is 0.391. The summed E-state index contributed by atoms with van der Waals surface area (Å²) in [7, 11) is 0. The SMILES string of the molecule is CCN(CC)CCn1c(=O)n(Cc2ccc(C(F)(F)F)cc2)c2c(C(F)(F)F)cc(C(N)=O)cc21. The molecule has 35 heavy (non-hydrogen) atoms. The van der Waals surface area contributed by atoms with Gasteiger partial charge in [0.05, 0.1) is 28.7 Å². The third-order valence-corrected chi connectivity index (χ3v) is 5.86. The van der Waals surface area contributed by atoms with Gasteiger partial charge in [-0.1, -0.05) is 26.0 Å². The minimum atomic E-state index is -4.93. The van der Waals surface area contributed by atoms with E-state index in [2.05, 4.69) is 0 Å². The monoisotopic (exact) mass is 502 g/mol. The van der Waals surface area contributed by atoms with Gasteiger partial charge in [0.15, 0.2) is 0 Å². The molecule has 3 aromatic rings. The summed E-state index contributed by atoms with van der Waals surface area (Å²) >= 11 is 0. The number of hydrogen-bond donors (Lipinski definition) is 1. The molecule has 1 aromatic heterocycles. The van der Waals surface area contributed by atoms with Gasteiger partial charge in [0.1, 0.15) is 0 Å². The molecule has 6 nitrogen and oxygen atoms in total. The summed E-state index contributed by atoms with van der Waals surface area (Å²) < 4.78 is 82.7. The highest BCUT2D eigenvalue weighted by molar-refractivity contribution is 5.97. The van der Waals surface area contributed by atoms with Crippen LogP contribution in [-0.2, 0) is 25.4 Å². The molecule has 2 aromatic carbocycles. The van der Waals surface area contributed by atoms with E-state index in [0.717, 1.165) is 39.5 Å². The zero-order valence-electron chi connectivity index (χ0n) is 19.0. The first-order valence-corrected chi connectivity index (χ1v) is 10.8. The quantitative estimate of drug-likeness (QED) is 0.466. The number of carbonyl (C=O) groups excluding carboxylic acids is 1. The van der Waals surface area contributed by atoms with Crippen LogP contribution >= 0.6 is 0 Å². The van der Waals surface area contributed by atoms with Gasteiger partial charge in [-0.3, -0.25) is 13.9 Å². The Kier molecular flexibility index (Phi) is 7.34. The van der Waals surface area contributed by atoms with Gasteiger partial charge in [-0.2, -0.15) is 26.3 Å². The number of rotatable bonds is 8. The third kappa shape index (κ3) is 5.53. The summed E-state index contributed by atoms with van der Waals surface area (Å²) in [6.45, 7) is 5.08. The number of imidazole rings is 1. The molecule has 0 aliphatic heterocycles. The van der Waals surface area contributed by atoms with Crippen LogP contribution in [0.25, 0.3) is 11.0 Å². The van der Waals surface area contributed by atoms with Crippen LogP contribution in [0.1, 0.15) is 40.9 Å². The molecular weight excluding hydrogens is 478 g/mol. The normalized spacial score (nSPS) is 12.6. The summed E-state index contributed by atoms with van der Waals surface area (Å²) in [5, 5.41) is 0. The maximum atomic E-state index is 14.0. The van der Waals surface area contributed by atoms with Crippen LogP contribution in [0.2, 0.25) is 0 Å². The number of alkyl halides is 6. The standard InChI is InChI=1S/C23H24F6N4O2/c1-3-31(4-2)9-10-32-18-12-15(20(30)34)11-17(23(27,28)29)19(18)33(21(32)35)13-14-5-7-16(8-6-14)22(24,25)26/h5-8,11-12H,3-4,9-10,13H2,1-2H3,(H2,30,34). The Hall–Kier alpha value is -3.28. The number of fused-ring (bicyclic) bond motifs is 1. The van der Waals surface area contributed by atoms with E-state index < -0.39 is 52.7 Å². The van der Waals surface area contributed by atoms with Crippen LogP contribution in [0.4, 0.5) is 26.3 Å². The number of aromatic nitrogens is 2. The van der Waals surface area contributed by atoms with E-state index in [9.17, 15) is 35.9 Å². The number of amides is 1. The van der Waals surface area contributed by atoms with Gasteiger partial charge in [0.2, 0.25) is 5.91 Å². The highest BCUT2D eigenvalue weighted by atomic mass is 19.4. The number of nitrogens with two attached hydrogens (primary N) is 1. The van der Waals surface area contributed by atoms with Gasteiger partial charge in [0.25, 0.3) is 0 Å². The molecule has 0 bridgehead atoms. The summed E-state index contributed by atoms with van der Waals surface area (Å²) in [6, 6.07) is 5.55. The van der Waals surface area contributed by atoms with Gasteiger partial charge in [-0.15, -0.1) is 0 Å². The van der Waals surface area contributed by atoms with Gasteiger partial charge in [-0.25, -0.2) is 4.79 Å². The van der Waals surface area contributed by atoms with Crippen LogP contribution in [0, 0.1) is 0 Å². The van der Waals surface area contributed by atoms with Crippen molar-refractivity contribution in [3.63, 3.8) is 0 Å². The summed E-state index contributed by atoms with van der Waals surface area (Å²) in [5.41, 5.74) is 1.53. The van der Waals surface area contributed by atoms with E-state index in [1.165, 1.54) is 0 Å². The maximum Gasteiger partial charge on any atom is 0.418 e. The predicted molar refractivity (Wildman–Crippen MR) is 118 cm³/mol. The third-order valence-electron chi connectivity index (χ3n) is 5.86. The molecule has 12 heteroatoms. The molecule has 0 fully saturated rings. The number of primary amides is 1. The average Bonchev–Trinajstić information content (AvgIpc) is 3.03. The van der Waals surface area contributed by atoms with E-state index >= 15 is 0 Å². The number of nitrogens with zero attached hydrogens (tertiary/aromatic N) is 3. The molecule has 0 aliphatic rings. The lowest BCUT2D eigenvalue weighted by Crippen LogP contribution is -2.32. The van der Waals surface area contributed by atoms with Crippen molar-refractivity contribution in [2.24, 2.45) is 5.73 Å². The van der Waals surface area contributed by atoms with Crippen molar-refractivity contribution < 1.29 is 31.1 Å². The highest BCUT2D eigenvalue weighted by Gasteiger charge is 2.36. The fourth-order valence-corrected chi connectivity index (χ4v) is 3.94. The molecule has 0 atom stereocenters. The first kappa shape index (κ1) is 26.3. The lowest BCUT2D eigenvalue weighted by molar-refractivity contribution is -0.138. The van der Waals surface area contributed by atoms with Crippen molar-refractivity contribution in [3.8, 4) is 0 Å². The molecule has 3 rings (SSSR count). The lowest BCUT2D eigenvalue weighted by Gasteiger charge is -2.18. The van der Waals surface area contributed by atoms with Crippen LogP contribution in [0.15, 0.2) is 41.2 Å². The van der Waals surface area contributed by atoms with Gasteiger partial charge >= 0.3 is 18.0 Å². The number of likely N-dealkylation sites (N-methyl/N-ethyl adjacent to an activating group) is 1. The fourth-order valence-electron chi connectivity index (χ4n) is 3.94. The van der Waals surface area contributed by atoms with Crippen LogP contribution < -0.4 is 11.4 Å². The van der Waals surface area contributed by atoms with Crippen molar-refractivity contribution in [2.75, 3.05) is 19.6 Å². The molecular formula is C23H24F6N4O2. The number of benzene rings is 2. The Morgan fingerprint density at radius 3 is 2.03 bits per heavy atom. The van der Waals surface area contributed by atoms with Crippen molar-refractivity contribution in [1.82, 2.24) is 14.0 Å². The molecule has 0 saturated heterocycles. The maximum absolute atomic E-state index is 14.0. The van der Waals surface area contributed by atoms with E-state index in [1.807, 2.05) is 18.7 Å². The van der Waals surface area contributed by atoms with E-state index in [4.69, 9.17) is 5.73 Å². The van der Waals surface area contributed by atoms with Crippen LogP contribution in [-0.4, -0.2) is 39.6 Å². The topological polar surface area (TPSA) is 73.3 Å². The molecule has 0 saturated carbocycles. The molecule has 0 spiro atoms. The first-order valence-electron chi connectivity index (χ1n) is 10.8. The summed E-state index contributed by atoms with van der Waals surface area (Å²) in [4.78, 5) is 27.0. The van der Waals surface area contributed by atoms with Gasteiger partial charge in [-0.05, 0) is 42.9 Å². The van der Waals surface area contributed by atoms with E-state index in [-0.39, 0.29) is 17.6 Å². The second kappa shape index (κ2) is 9.76. The molecule has 0 aliphatic carbocycles. The summed E-state index contributed by atoms with van der Waals surface area (Å²) in [5.74, 6) is -1.09. The minimum absolute atomic E-state index is 0.0382. The number of carbonyl (C=O) groups is 1. The van der Waals surface area contributed by atoms with Crippen LogP contribution in [0.3, 0.4) is 0 Å². The molecule has 0 radical (unpaired) electrons. The lowest BCUT2D eigenvalue weighted by atomic mass is 10.1. The zero-order chi connectivity index (χ0) is 26.1. The Labute approximate surface area is 196 Å². The van der Waals surface area contributed by atoms with Crippen molar-refractivity contribution in [3.05, 3.63) is 69.1 Å². The van der Waals surface area contributed by atoms with Crippen molar-refractivity contribution >= 4 is 16.9 Å². The molecule has 190 valence electrons. The Balaban J connectivity index is 2.23. The smallest absolute Gasteiger partial charge is 0.366 e. The van der Waals surface area contributed by atoms with Gasteiger partial charge in [0, 0.05) is 18.7 Å². The largest absolute Gasteiger partial charge is 0.418 e. The molecule has 2 N–H and O–H groups in total. The Morgan fingerprint density at radius 2 is 1.54 bits per heavy atom. The zero-order valence-corrected chi connectivity index (χ0v) is 19.0. The highest BCUT2D eigenvalue weighted by Crippen LogP contribution is 2.36.